The van der Waals surface area contributed by atoms with E-state index in [1.807, 2.05) is 21.1 Å². The standard InChI is InChI=1S/C36H64NO6P.H2O/c1-26(2)11-9-12-27(3)31-16-17-32-30-15-14-28-25-29(18-20-35(28,4)33(30)19-21-36(31,32)5)43-34(38)13-10-23-41-44(39,40)42-24-22-37(6,7)8;/h14,26-27,29-33H,9-13,15-25H2,1-8H3;1H2/t27-,29+,30?,31-,32?,33?,35+,36-;/m1./s1. The number of phosphoric ester groups is 1. The van der Waals surface area contributed by atoms with Crippen molar-refractivity contribution in [2.45, 2.75) is 124 Å². The molecular weight excluding hydrogens is 589 g/mol. The van der Waals surface area contributed by atoms with Gasteiger partial charge in [0.15, 0.2) is 0 Å². The fraction of sp³-hybridized carbons (Fsp3) is 0.917. The number of hydrogen-bond donors (Lipinski definition) is 1. The van der Waals surface area contributed by atoms with Gasteiger partial charge in [0.25, 0.3) is 0 Å². The number of phosphoric acid groups is 1. The first-order valence-corrected chi connectivity index (χ1v) is 19.3. The maximum Gasteiger partial charge on any atom is 0.472 e. The van der Waals surface area contributed by atoms with E-state index in [4.69, 9.17) is 13.8 Å². The molecule has 2 N–H and O–H groups in total. The zero-order valence-electron chi connectivity index (χ0n) is 29.8. The third kappa shape index (κ3) is 9.66. The van der Waals surface area contributed by atoms with Gasteiger partial charge in [-0.25, -0.2) is 4.57 Å². The van der Waals surface area contributed by atoms with Crippen LogP contribution in [-0.2, 0) is 23.1 Å². The van der Waals surface area contributed by atoms with Gasteiger partial charge in [-0.15, -0.1) is 0 Å². The lowest BCUT2D eigenvalue weighted by Crippen LogP contribution is -2.51. The molecular formula is C36H66NO7P. The maximum absolute atomic E-state index is 12.7. The summed E-state index contributed by atoms with van der Waals surface area (Å²) in [6, 6.07) is 0. The van der Waals surface area contributed by atoms with E-state index < -0.39 is 7.82 Å². The number of nitrogens with zero attached hydrogens (tertiary/aromatic N) is 1. The van der Waals surface area contributed by atoms with Crippen LogP contribution in [0.15, 0.2) is 11.6 Å². The van der Waals surface area contributed by atoms with Crippen LogP contribution in [0, 0.1) is 46.3 Å². The van der Waals surface area contributed by atoms with Crippen molar-refractivity contribution in [3.8, 4) is 0 Å². The van der Waals surface area contributed by atoms with Crippen molar-refractivity contribution in [3.05, 3.63) is 11.6 Å². The highest BCUT2D eigenvalue weighted by atomic mass is 31.2. The molecule has 0 amide bonds. The molecule has 4 unspecified atom stereocenters. The predicted molar refractivity (Wildman–Crippen MR) is 179 cm³/mol. The highest BCUT2D eigenvalue weighted by Gasteiger charge is 2.59. The molecule has 3 fully saturated rings. The highest BCUT2D eigenvalue weighted by molar-refractivity contribution is 7.47. The van der Waals surface area contributed by atoms with Crippen molar-refractivity contribution < 1.29 is 38.0 Å². The van der Waals surface area contributed by atoms with Crippen LogP contribution in [0.5, 0.6) is 0 Å². The molecule has 0 saturated heterocycles. The molecule has 0 bridgehead atoms. The minimum atomic E-state index is -4.11. The normalized spacial score (nSPS) is 34.9. The average Bonchev–Trinajstić information content (AvgIpc) is 3.27. The molecule has 9 atom stereocenters. The Morgan fingerprint density at radius 1 is 1.00 bits per heavy atom. The van der Waals surface area contributed by atoms with E-state index in [1.165, 1.54) is 56.9 Å². The lowest BCUT2D eigenvalue weighted by molar-refractivity contribution is -0.870. The third-order valence-corrected chi connectivity index (χ3v) is 13.4. The molecule has 45 heavy (non-hydrogen) atoms. The Balaban J connectivity index is 0.00000552. The molecule has 0 aliphatic heterocycles. The zero-order chi connectivity index (χ0) is 32.3. The Labute approximate surface area is 274 Å². The van der Waals surface area contributed by atoms with Gasteiger partial charge in [0.1, 0.15) is 19.3 Å². The number of likely N-dealkylation sites (N-methyl/N-ethyl adjacent to an activating group) is 1. The van der Waals surface area contributed by atoms with Gasteiger partial charge < -0.3 is 19.6 Å². The summed E-state index contributed by atoms with van der Waals surface area (Å²) < 4.78 is 28.8. The van der Waals surface area contributed by atoms with Gasteiger partial charge in [0.05, 0.1) is 27.7 Å². The van der Waals surface area contributed by atoms with Crippen LogP contribution in [0.4, 0.5) is 0 Å². The molecule has 0 aromatic carbocycles. The van der Waals surface area contributed by atoms with Gasteiger partial charge in [-0.05, 0) is 97.7 Å². The van der Waals surface area contributed by atoms with E-state index in [9.17, 15) is 14.3 Å². The summed E-state index contributed by atoms with van der Waals surface area (Å²) in [5, 5.41) is 0. The molecule has 262 valence electrons. The van der Waals surface area contributed by atoms with Gasteiger partial charge in [0, 0.05) is 12.8 Å². The topological polar surface area (TPSA) is 112 Å². The molecule has 4 aliphatic rings. The predicted octanol–water partition coefficient (Wildman–Crippen LogP) is 8.38. The largest absolute Gasteiger partial charge is 0.870 e. The second-order valence-corrected chi connectivity index (χ2v) is 18.4. The molecule has 0 aromatic heterocycles. The SMILES string of the molecule is CC(C)CCC[C@@H](C)[C@H]1CCC2C3CC=C4C[C@@H](OC(=O)CCCOP(=O)(O)OCC[N+](C)(C)C)CC[C@]4(C)C3CC[C@@]21C.[OH-]. The summed E-state index contributed by atoms with van der Waals surface area (Å²) in [5.74, 6) is 4.68. The number of esters is 1. The van der Waals surface area contributed by atoms with Crippen molar-refractivity contribution in [2.75, 3.05) is 40.9 Å². The maximum atomic E-state index is 12.7. The average molecular weight is 656 g/mol. The molecule has 0 heterocycles. The zero-order valence-corrected chi connectivity index (χ0v) is 30.7. The summed E-state index contributed by atoms with van der Waals surface area (Å²) in [7, 11) is 1.85. The summed E-state index contributed by atoms with van der Waals surface area (Å²) in [6.45, 7) is 13.1. The molecule has 4 rings (SSSR count). The van der Waals surface area contributed by atoms with E-state index in [0.717, 1.165) is 54.8 Å². The monoisotopic (exact) mass is 655 g/mol. The molecule has 0 aromatic rings. The number of carbonyl (C=O) groups is 1. The van der Waals surface area contributed by atoms with E-state index in [0.29, 0.717) is 22.9 Å². The quantitative estimate of drug-likeness (QED) is 0.0620. The van der Waals surface area contributed by atoms with Gasteiger partial charge in [0.2, 0.25) is 0 Å². The number of rotatable bonds is 15. The minimum absolute atomic E-state index is 0. The summed E-state index contributed by atoms with van der Waals surface area (Å²) in [5.41, 5.74) is 2.26. The Kier molecular flexibility index (Phi) is 13.4. The second-order valence-electron chi connectivity index (χ2n) is 16.9. The lowest BCUT2D eigenvalue weighted by atomic mass is 9.47. The first-order valence-electron chi connectivity index (χ1n) is 17.9. The second kappa shape index (κ2) is 15.6. The van der Waals surface area contributed by atoms with Gasteiger partial charge in [-0.3, -0.25) is 13.8 Å². The van der Waals surface area contributed by atoms with Crippen LogP contribution in [0.3, 0.4) is 0 Å². The van der Waals surface area contributed by atoms with Crippen LogP contribution in [-0.4, -0.2) is 67.8 Å². The molecule has 0 spiro atoms. The number of quaternary nitrogens is 1. The van der Waals surface area contributed by atoms with Gasteiger partial charge in [-0.2, -0.15) is 0 Å². The highest BCUT2D eigenvalue weighted by Crippen LogP contribution is 2.67. The molecule has 3 saturated carbocycles. The first kappa shape index (κ1) is 38.7. The smallest absolute Gasteiger partial charge is 0.472 e. The van der Waals surface area contributed by atoms with E-state index >= 15 is 0 Å². The molecule has 0 radical (unpaired) electrons. The number of carbonyl (C=O) groups excluding carboxylic acids is 1. The molecule has 8 nitrogen and oxygen atoms in total. The summed E-state index contributed by atoms with van der Waals surface area (Å²) >= 11 is 0. The first-order chi connectivity index (χ1) is 20.5. The van der Waals surface area contributed by atoms with E-state index in [1.54, 1.807) is 0 Å². The fourth-order valence-corrected chi connectivity index (χ4v) is 10.6. The van der Waals surface area contributed by atoms with Crippen LogP contribution in [0.25, 0.3) is 0 Å². The number of allylic oxidation sites excluding steroid dienone is 1. The van der Waals surface area contributed by atoms with E-state index in [-0.39, 0.29) is 42.6 Å². The number of hydrogen-bond acceptors (Lipinski definition) is 6. The van der Waals surface area contributed by atoms with Crippen LogP contribution in [0.2, 0.25) is 0 Å². The molecule has 9 heteroatoms. The van der Waals surface area contributed by atoms with Crippen LogP contribution < -0.4 is 0 Å². The van der Waals surface area contributed by atoms with Gasteiger partial charge in [-0.1, -0.05) is 65.5 Å². The minimum Gasteiger partial charge on any atom is -0.870 e. The molecule has 4 aliphatic carbocycles. The van der Waals surface area contributed by atoms with E-state index in [2.05, 4.69) is 40.7 Å². The lowest BCUT2D eigenvalue weighted by Gasteiger charge is -2.58. The van der Waals surface area contributed by atoms with Crippen LogP contribution >= 0.6 is 7.82 Å². The van der Waals surface area contributed by atoms with Gasteiger partial charge >= 0.3 is 13.8 Å². The number of ether oxygens (including phenoxy) is 1. The van der Waals surface area contributed by atoms with Crippen molar-refractivity contribution in [1.29, 1.82) is 0 Å². The Morgan fingerprint density at radius 2 is 1.71 bits per heavy atom. The Bertz CT molecular complexity index is 1060. The van der Waals surface area contributed by atoms with Crippen LogP contribution in [0.1, 0.15) is 118 Å². The summed E-state index contributed by atoms with van der Waals surface area (Å²) in [4.78, 5) is 22.6. The Morgan fingerprint density at radius 3 is 2.40 bits per heavy atom. The fourth-order valence-electron chi connectivity index (χ4n) is 9.86. The van der Waals surface area contributed by atoms with Crippen molar-refractivity contribution >= 4 is 13.8 Å². The van der Waals surface area contributed by atoms with Crippen molar-refractivity contribution in [1.82, 2.24) is 0 Å². The third-order valence-electron chi connectivity index (χ3n) is 12.4. The van der Waals surface area contributed by atoms with Crippen molar-refractivity contribution in [3.63, 3.8) is 0 Å². The number of fused-ring (bicyclic) bond motifs is 5. The Hall–Kier alpha value is -0.760. The van der Waals surface area contributed by atoms with Crippen molar-refractivity contribution in [2.24, 2.45) is 46.3 Å². The summed E-state index contributed by atoms with van der Waals surface area (Å²) in [6.07, 6.45) is 16.7.